The van der Waals surface area contributed by atoms with Crippen molar-refractivity contribution in [1.82, 2.24) is 4.90 Å². The van der Waals surface area contributed by atoms with Gasteiger partial charge in [-0.25, -0.2) is 8.42 Å². The molecule has 0 aliphatic rings. The van der Waals surface area contributed by atoms with Crippen molar-refractivity contribution in [3.05, 3.63) is 54.1 Å². The zero-order chi connectivity index (χ0) is 19.5. The van der Waals surface area contributed by atoms with Crippen LogP contribution in [0.3, 0.4) is 0 Å². The molecule has 6 heteroatoms. The molecule has 0 spiro atoms. The summed E-state index contributed by atoms with van der Waals surface area (Å²) in [4.78, 5) is 15.3. The van der Waals surface area contributed by atoms with Crippen molar-refractivity contribution in [3.63, 3.8) is 0 Å². The van der Waals surface area contributed by atoms with Gasteiger partial charge in [0.15, 0.2) is 0 Å². The fraction of sp³-hybridized carbons (Fsp3) is 0.350. The fourth-order valence-corrected chi connectivity index (χ4v) is 6.17. The Morgan fingerprint density at radius 3 is 2.00 bits per heavy atom. The van der Waals surface area contributed by atoms with Gasteiger partial charge in [0.2, 0.25) is 9.84 Å². The average Bonchev–Trinajstić information content (AvgIpc) is 2.62. The van der Waals surface area contributed by atoms with Crippen molar-refractivity contribution in [2.45, 2.75) is 43.3 Å². The summed E-state index contributed by atoms with van der Waals surface area (Å²) >= 11 is 0. The Morgan fingerprint density at radius 2 is 1.50 bits per heavy atom. The Kier molecular flexibility index (Phi) is 6.08. The van der Waals surface area contributed by atoms with Crippen LogP contribution >= 0.6 is 0 Å². The fourth-order valence-electron chi connectivity index (χ4n) is 3.00. The molecule has 0 aliphatic heterocycles. The Labute approximate surface area is 157 Å². The normalized spacial score (nSPS) is 12.0. The van der Waals surface area contributed by atoms with E-state index < -0.39 is 17.9 Å². The minimum atomic E-state index is -3.77. The molecule has 0 aliphatic carbocycles. The molecule has 2 aromatic carbocycles. The SMILES string of the molecule is CCN(CC)C(=O)c1c([Si](C)(C)C)cccc1S(=O)(=O)c1ccccc1. The summed E-state index contributed by atoms with van der Waals surface area (Å²) in [6, 6.07) is 13.5. The Hall–Kier alpha value is -1.92. The van der Waals surface area contributed by atoms with Gasteiger partial charge in [-0.05, 0) is 37.2 Å². The van der Waals surface area contributed by atoms with Crippen molar-refractivity contribution in [1.29, 1.82) is 0 Å². The molecule has 0 unspecified atom stereocenters. The molecule has 0 fully saturated rings. The van der Waals surface area contributed by atoms with Crippen LogP contribution in [0.25, 0.3) is 0 Å². The zero-order valence-electron chi connectivity index (χ0n) is 16.1. The number of sulfone groups is 1. The van der Waals surface area contributed by atoms with Gasteiger partial charge in [-0.2, -0.15) is 0 Å². The number of carbonyl (C=O) groups is 1. The van der Waals surface area contributed by atoms with E-state index in [1.165, 1.54) is 0 Å². The van der Waals surface area contributed by atoms with Gasteiger partial charge in [0.05, 0.1) is 23.4 Å². The Morgan fingerprint density at radius 1 is 0.923 bits per heavy atom. The number of carbonyl (C=O) groups excluding carboxylic acids is 1. The molecule has 26 heavy (non-hydrogen) atoms. The lowest BCUT2D eigenvalue weighted by Gasteiger charge is -2.27. The second-order valence-electron chi connectivity index (χ2n) is 7.22. The molecule has 0 bridgehead atoms. The lowest BCUT2D eigenvalue weighted by Crippen LogP contribution is -2.45. The first-order valence-electron chi connectivity index (χ1n) is 8.87. The van der Waals surface area contributed by atoms with Crippen LogP contribution in [0.15, 0.2) is 58.3 Å². The second-order valence-corrected chi connectivity index (χ2v) is 14.2. The highest BCUT2D eigenvalue weighted by atomic mass is 32.2. The predicted molar refractivity (Wildman–Crippen MR) is 109 cm³/mol. The van der Waals surface area contributed by atoms with Crippen LogP contribution in [0.4, 0.5) is 0 Å². The summed E-state index contributed by atoms with van der Waals surface area (Å²) in [6.45, 7) is 11.3. The first-order valence-corrected chi connectivity index (χ1v) is 13.9. The van der Waals surface area contributed by atoms with Crippen LogP contribution in [0.5, 0.6) is 0 Å². The quantitative estimate of drug-likeness (QED) is 0.710. The van der Waals surface area contributed by atoms with E-state index in [9.17, 15) is 13.2 Å². The highest BCUT2D eigenvalue weighted by Crippen LogP contribution is 2.25. The molecule has 4 nitrogen and oxygen atoms in total. The van der Waals surface area contributed by atoms with Gasteiger partial charge in [0, 0.05) is 13.1 Å². The van der Waals surface area contributed by atoms with Crippen LogP contribution in [0.2, 0.25) is 19.6 Å². The van der Waals surface area contributed by atoms with Crippen molar-refractivity contribution >= 4 is 29.0 Å². The van der Waals surface area contributed by atoms with E-state index in [1.807, 2.05) is 19.9 Å². The summed E-state index contributed by atoms with van der Waals surface area (Å²) in [7, 11) is -5.71. The topological polar surface area (TPSA) is 54.5 Å². The van der Waals surface area contributed by atoms with Crippen LogP contribution in [0.1, 0.15) is 24.2 Å². The second kappa shape index (κ2) is 7.76. The number of amides is 1. The van der Waals surface area contributed by atoms with Gasteiger partial charge in [0.25, 0.3) is 5.91 Å². The molecular formula is C20H27NO3SSi. The van der Waals surface area contributed by atoms with Crippen LogP contribution in [-0.2, 0) is 9.84 Å². The molecule has 0 N–H and O–H groups in total. The highest BCUT2D eigenvalue weighted by Gasteiger charge is 2.32. The lowest BCUT2D eigenvalue weighted by atomic mass is 10.2. The summed E-state index contributed by atoms with van der Waals surface area (Å²) in [5.74, 6) is -0.206. The van der Waals surface area contributed by atoms with E-state index in [1.54, 1.807) is 47.4 Å². The summed E-state index contributed by atoms with van der Waals surface area (Å²) in [5.41, 5.74) is 0.346. The van der Waals surface area contributed by atoms with E-state index in [0.29, 0.717) is 18.7 Å². The third kappa shape index (κ3) is 3.91. The minimum absolute atomic E-state index is 0.112. The maximum atomic E-state index is 13.3. The van der Waals surface area contributed by atoms with Crippen LogP contribution in [0, 0.1) is 0 Å². The smallest absolute Gasteiger partial charge is 0.255 e. The Bertz CT molecular complexity index is 883. The lowest BCUT2D eigenvalue weighted by molar-refractivity contribution is 0.0770. The van der Waals surface area contributed by atoms with Crippen LogP contribution in [-0.4, -0.2) is 40.4 Å². The monoisotopic (exact) mass is 389 g/mol. The van der Waals surface area contributed by atoms with Gasteiger partial charge in [0.1, 0.15) is 0 Å². The maximum absolute atomic E-state index is 13.3. The molecule has 0 radical (unpaired) electrons. The minimum Gasteiger partial charge on any atom is -0.339 e. The largest absolute Gasteiger partial charge is 0.339 e. The third-order valence-corrected chi connectivity index (χ3v) is 8.29. The van der Waals surface area contributed by atoms with E-state index in [4.69, 9.17) is 0 Å². The van der Waals surface area contributed by atoms with Gasteiger partial charge in [-0.1, -0.05) is 50.0 Å². The average molecular weight is 390 g/mol. The predicted octanol–water partition coefficient (Wildman–Crippen LogP) is 3.55. The highest BCUT2D eigenvalue weighted by molar-refractivity contribution is 7.91. The molecule has 0 heterocycles. The standard InChI is InChI=1S/C20H27NO3SSi/c1-6-21(7-2)20(22)19-17(14-11-15-18(19)26(3,4)5)25(23,24)16-12-9-8-10-13-16/h8-15H,6-7H2,1-5H3. The number of hydrogen-bond donors (Lipinski definition) is 0. The number of hydrogen-bond acceptors (Lipinski definition) is 3. The van der Waals surface area contributed by atoms with Crippen molar-refractivity contribution < 1.29 is 13.2 Å². The van der Waals surface area contributed by atoms with Crippen molar-refractivity contribution in [2.75, 3.05) is 13.1 Å². The first kappa shape index (κ1) is 20.4. The molecule has 0 aromatic heterocycles. The van der Waals surface area contributed by atoms with E-state index in [2.05, 4.69) is 19.6 Å². The zero-order valence-corrected chi connectivity index (χ0v) is 17.9. The molecular weight excluding hydrogens is 362 g/mol. The van der Waals surface area contributed by atoms with Crippen LogP contribution < -0.4 is 5.19 Å². The van der Waals surface area contributed by atoms with Gasteiger partial charge < -0.3 is 4.90 Å². The van der Waals surface area contributed by atoms with E-state index in [0.717, 1.165) is 5.19 Å². The number of rotatable bonds is 6. The Balaban J connectivity index is 2.81. The maximum Gasteiger partial charge on any atom is 0.255 e. The first-order chi connectivity index (χ1) is 12.1. The van der Waals surface area contributed by atoms with E-state index >= 15 is 0 Å². The summed E-state index contributed by atoms with van der Waals surface area (Å²) < 4.78 is 26.6. The number of nitrogens with zero attached hydrogens (tertiary/aromatic N) is 1. The van der Waals surface area contributed by atoms with Gasteiger partial charge >= 0.3 is 0 Å². The summed E-state index contributed by atoms with van der Waals surface area (Å²) in [5, 5.41) is 0.881. The molecule has 2 aromatic rings. The summed E-state index contributed by atoms with van der Waals surface area (Å²) in [6.07, 6.45) is 0. The van der Waals surface area contributed by atoms with E-state index in [-0.39, 0.29) is 15.7 Å². The third-order valence-electron chi connectivity index (χ3n) is 4.44. The molecule has 1 amide bonds. The van der Waals surface area contributed by atoms with Crippen molar-refractivity contribution in [3.8, 4) is 0 Å². The molecule has 2 rings (SSSR count). The molecule has 0 saturated heterocycles. The molecule has 0 saturated carbocycles. The molecule has 140 valence electrons. The van der Waals surface area contributed by atoms with Crippen molar-refractivity contribution in [2.24, 2.45) is 0 Å². The molecule has 0 atom stereocenters. The number of benzene rings is 2. The van der Waals surface area contributed by atoms with Gasteiger partial charge in [-0.3, -0.25) is 4.79 Å². The van der Waals surface area contributed by atoms with Gasteiger partial charge in [-0.15, -0.1) is 0 Å².